The van der Waals surface area contributed by atoms with E-state index in [1.54, 1.807) is 13.0 Å². The van der Waals surface area contributed by atoms with E-state index in [0.717, 1.165) is 16.8 Å². The molecular weight excluding hydrogens is 521 g/mol. The predicted octanol–water partition coefficient (Wildman–Crippen LogP) is 5.18. The first kappa shape index (κ1) is 26.4. The number of carbonyl (C=O) groups excluding carboxylic acids is 1. The number of hydrogen-bond acceptors (Lipinski definition) is 6. The van der Waals surface area contributed by atoms with E-state index in [1.807, 2.05) is 61.0 Å². The molecule has 2 N–H and O–H groups in total. The second kappa shape index (κ2) is 10.6. The molecule has 0 bridgehead atoms. The molecule has 0 spiro atoms. The minimum atomic E-state index is -0.673. The molecule has 208 valence electrons. The number of anilines is 1. The van der Waals surface area contributed by atoms with Crippen molar-refractivity contribution < 1.29 is 13.9 Å². The van der Waals surface area contributed by atoms with Crippen LogP contribution >= 0.6 is 0 Å². The van der Waals surface area contributed by atoms with Crippen LogP contribution in [0.15, 0.2) is 75.6 Å². The van der Waals surface area contributed by atoms with Gasteiger partial charge < -0.3 is 19.9 Å². The third-order valence-electron chi connectivity index (χ3n) is 7.77. The number of ether oxygens (including phenoxy) is 1. The Morgan fingerprint density at radius 2 is 2.02 bits per heavy atom. The molecule has 9 heteroatoms. The van der Waals surface area contributed by atoms with E-state index in [4.69, 9.17) is 4.74 Å². The van der Waals surface area contributed by atoms with E-state index >= 15 is 4.39 Å². The summed E-state index contributed by atoms with van der Waals surface area (Å²) in [5.74, 6) is -1.09. The molecule has 6 rings (SSSR count). The highest BCUT2D eigenvalue weighted by Crippen LogP contribution is 2.35. The summed E-state index contributed by atoms with van der Waals surface area (Å²) < 4.78 is 23.2. The zero-order valence-electron chi connectivity index (χ0n) is 23.0. The highest BCUT2D eigenvalue weighted by molar-refractivity contribution is 6.05. The molecule has 0 radical (unpaired) electrons. The number of benzene rings is 2. The molecule has 2 aliphatic heterocycles. The SMILES string of the molecule is CCn1c(C)c(C(=O)Nc2ccc(OC3=NC=NC4NC=C(c5ccccc5)C34)c(F)c2)c(=O)c2c1C=CC(C)C2. The Morgan fingerprint density at radius 3 is 2.78 bits per heavy atom. The van der Waals surface area contributed by atoms with Crippen LogP contribution in [-0.2, 0) is 13.0 Å². The molecule has 1 aliphatic carbocycles. The number of hydrogen-bond donors (Lipinski definition) is 2. The summed E-state index contributed by atoms with van der Waals surface area (Å²) in [6, 6.07) is 14.0. The molecule has 2 aromatic carbocycles. The van der Waals surface area contributed by atoms with Crippen molar-refractivity contribution in [2.45, 2.75) is 39.9 Å². The molecule has 3 atom stereocenters. The van der Waals surface area contributed by atoms with Crippen molar-refractivity contribution in [2.24, 2.45) is 21.8 Å². The van der Waals surface area contributed by atoms with Gasteiger partial charge in [0.25, 0.3) is 5.91 Å². The summed E-state index contributed by atoms with van der Waals surface area (Å²) in [6.45, 7) is 6.39. The van der Waals surface area contributed by atoms with Gasteiger partial charge in [0.05, 0.1) is 0 Å². The molecule has 3 heterocycles. The highest BCUT2D eigenvalue weighted by atomic mass is 19.1. The fourth-order valence-electron chi connectivity index (χ4n) is 5.74. The predicted molar refractivity (Wildman–Crippen MR) is 159 cm³/mol. The first-order valence-corrected chi connectivity index (χ1v) is 13.7. The molecule has 0 saturated carbocycles. The number of nitrogens with one attached hydrogen (secondary N) is 2. The molecule has 1 amide bonds. The van der Waals surface area contributed by atoms with Gasteiger partial charge in [-0.05, 0) is 55.5 Å². The largest absolute Gasteiger partial charge is 0.439 e. The van der Waals surface area contributed by atoms with Gasteiger partial charge >= 0.3 is 0 Å². The summed E-state index contributed by atoms with van der Waals surface area (Å²) in [4.78, 5) is 35.5. The third kappa shape index (κ3) is 4.77. The molecule has 8 nitrogen and oxygen atoms in total. The fourth-order valence-corrected chi connectivity index (χ4v) is 5.74. The molecule has 41 heavy (non-hydrogen) atoms. The Hall–Kier alpha value is -4.79. The Balaban J connectivity index is 1.24. The molecule has 0 saturated heterocycles. The van der Waals surface area contributed by atoms with Gasteiger partial charge in [-0.2, -0.15) is 0 Å². The van der Waals surface area contributed by atoms with Crippen LogP contribution in [0, 0.1) is 24.6 Å². The van der Waals surface area contributed by atoms with Crippen LogP contribution in [0.1, 0.15) is 46.7 Å². The zero-order chi connectivity index (χ0) is 28.7. The Morgan fingerprint density at radius 1 is 1.22 bits per heavy atom. The van der Waals surface area contributed by atoms with E-state index < -0.39 is 11.7 Å². The van der Waals surface area contributed by atoms with Crippen LogP contribution in [0.3, 0.4) is 0 Å². The van der Waals surface area contributed by atoms with Crippen LogP contribution in [0.4, 0.5) is 10.1 Å². The molecule has 1 aromatic heterocycles. The Labute approximate surface area is 237 Å². The second-order valence-corrected chi connectivity index (χ2v) is 10.4. The van der Waals surface area contributed by atoms with Gasteiger partial charge in [0.2, 0.25) is 5.90 Å². The average molecular weight is 552 g/mol. The summed E-state index contributed by atoms with van der Waals surface area (Å²) in [6.07, 6.45) is 7.59. The topological polar surface area (TPSA) is 97.1 Å². The smallest absolute Gasteiger partial charge is 0.261 e. The van der Waals surface area contributed by atoms with Crippen molar-refractivity contribution in [3.63, 3.8) is 0 Å². The van der Waals surface area contributed by atoms with Crippen LogP contribution in [0.2, 0.25) is 0 Å². The standard InChI is InChI=1S/C32H30FN5O3/c1-4-38-19(3)27(29(39)22-14-18(2)10-12-25(22)38)31(40)37-21-11-13-26(24(33)15-21)41-32-28-23(20-8-6-5-7-9-20)16-34-30(28)35-17-36-32/h5-13,15-18,28,30,34H,4,14H2,1-3H3,(H,37,40). The Bertz CT molecular complexity index is 1720. The minimum Gasteiger partial charge on any atom is -0.439 e. The van der Waals surface area contributed by atoms with Gasteiger partial charge in [-0.25, -0.2) is 14.4 Å². The average Bonchev–Trinajstić information content (AvgIpc) is 3.41. The first-order valence-electron chi connectivity index (χ1n) is 13.7. The highest BCUT2D eigenvalue weighted by Gasteiger charge is 2.38. The minimum absolute atomic E-state index is 0.0332. The van der Waals surface area contributed by atoms with Crippen molar-refractivity contribution in [3.05, 3.63) is 105 Å². The van der Waals surface area contributed by atoms with Gasteiger partial charge in [-0.15, -0.1) is 0 Å². The molecule has 3 unspecified atom stereocenters. The number of carbonyl (C=O) groups is 1. The van der Waals surface area contributed by atoms with E-state index in [-0.39, 0.29) is 40.4 Å². The normalized spacial score (nSPS) is 20.4. The van der Waals surface area contributed by atoms with Crippen molar-refractivity contribution in [1.29, 1.82) is 0 Å². The van der Waals surface area contributed by atoms with Crippen molar-refractivity contribution in [1.82, 2.24) is 9.88 Å². The van der Waals surface area contributed by atoms with E-state index in [9.17, 15) is 9.59 Å². The molecule has 3 aromatic rings. The quantitative estimate of drug-likeness (QED) is 0.457. The van der Waals surface area contributed by atoms with Crippen LogP contribution in [0.25, 0.3) is 11.6 Å². The number of fused-ring (bicyclic) bond motifs is 2. The van der Waals surface area contributed by atoms with Crippen LogP contribution in [-0.4, -0.2) is 28.9 Å². The number of rotatable bonds is 5. The number of allylic oxidation sites excluding steroid dienone is 1. The van der Waals surface area contributed by atoms with Gasteiger partial charge in [0.15, 0.2) is 17.0 Å². The van der Waals surface area contributed by atoms with E-state index in [0.29, 0.717) is 30.1 Å². The first-order chi connectivity index (χ1) is 19.9. The molecule has 0 fully saturated rings. The van der Waals surface area contributed by atoms with Crippen LogP contribution < -0.4 is 20.8 Å². The lowest BCUT2D eigenvalue weighted by Crippen LogP contribution is -2.36. The Kier molecular flexibility index (Phi) is 6.86. The summed E-state index contributed by atoms with van der Waals surface area (Å²) in [5, 5.41) is 5.94. The molecule has 3 aliphatic rings. The van der Waals surface area contributed by atoms with E-state index in [1.165, 1.54) is 18.5 Å². The molecular formula is C32H30FN5O3. The van der Waals surface area contributed by atoms with Crippen molar-refractivity contribution in [2.75, 3.05) is 5.32 Å². The number of halogens is 1. The summed E-state index contributed by atoms with van der Waals surface area (Å²) in [5.41, 5.74) is 3.99. The van der Waals surface area contributed by atoms with Gasteiger partial charge in [-0.3, -0.25) is 9.59 Å². The maximum absolute atomic E-state index is 15.3. The monoisotopic (exact) mass is 551 g/mol. The summed E-state index contributed by atoms with van der Waals surface area (Å²) in [7, 11) is 0. The summed E-state index contributed by atoms with van der Waals surface area (Å²) >= 11 is 0. The maximum Gasteiger partial charge on any atom is 0.261 e. The lowest BCUT2D eigenvalue weighted by atomic mass is 9.91. The third-order valence-corrected chi connectivity index (χ3v) is 7.77. The van der Waals surface area contributed by atoms with Gasteiger partial charge in [0, 0.05) is 41.4 Å². The van der Waals surface area contributed by atoms with E-state index in [2.05, 4.69) is 26.7 Å². The number of pyridine rings is 1. The van der Waals surface area contributed by atoms with Gasteiger partial charge in [-0.1, -0.05) is 43.3 Å². The number of nitrogens with zero attached hydrogens (tertiary/aromatic N) is 3. The number of aromatic nitrogens is 1. The fraction of sp³-hybridized carbons (Fsp3) is 0.250. The van der Waals surface area contributed by atoms with Crippen molar-refractivity contribution in [3.8, 4) is 5.75 Å². The van der Waals surface area contributed by atoms with Crippen molar-refractivity contribution >= 4 is 35.5 Å². The number of aliphatic imine (C=N–C) groups is 2. The lowest BCUT2D eigenvalue weighted by molar-refractivity contribution is 0.102. The second-order valence-electron chi connectivity index (χ2n) is 10.4. The maximum atomic E-state index is 15.3. The zero-order valence-corrected chi connectivity index (χ0v) is 23.0. The van der Waals surface area contributed by atoms with Gasteiger partial charge in [0.1, 0.15) is 24.0 Å². The number of amides is 1. The van der Waals surface area contributed by atoms with Crippen LogP contribution in [0.5, 0.6) is 5.75 Å². The lowest BCUT2D eigenvalue weighted by Gasteiger charge is -2.24.